The van der Waals surface area contributed by atoms with Crippen molar-refractivity contribution in [3.05, 3.63) is 46.2 Å². The minimum Gasteiger partial charge on any atom is -0.387 e. The van der Waals surface area contributed by atoms with Crippen LogP contribution in [0.25, 0.3) is 0 Å². The predicted octanol–water partition coefficient (Wildman–Crippen LogP) is 11.3. The van der Waals surface area contributed by atoms with Crippen LogP contribution in [-0.4, -0.2) is 24.0 Å². The lowest BCUT2D eigenvalue weighted by Crippen LogP contribution is -2.57. The summed E-state index contributed by atoms with van der Waals surface area (Å²) in [5, 5.41) is 13.3. The van der Waals surface area contributed by atoms with E-state index in [9.17, 15) is 0 Å². The molecule has 0 aromatic heterocycles. The van der Waals surface area contributed by atoms with Crippen LogP contribution in [0, 0.1) is 75.9 Å². The number of allylic oxidation sites excluding steroid dienone is 5. The van der Waals surface area contributed by atoms with Gasteiger partial charge in [-0.1, -0.05) is 96.3 Å². The lowest BCUT2D eigenvalue weighted by atomic mass is 9.52. The molecule has 13 unspecified atom stereocenters. The first-order valence-corrected chi connectivity index (χ1v) is 24.1. The summed E-state index contributed by atoms with van der Waals surface area (Å²) in [7, 11) is 0. The Bertz CT molecular complexity index is 1510. The maximum absolute atomic E-state index is 4.32. The molecule has 0 aromatic carbocycles. The third-order valence-corrected chi connectivity index (χ3v) is 20.5. The summed E-state index contributed by atoms with van der Waals surface area (Å²) in [6.45, 7) is 6.45. The van der Waals surface area contributed by atoms with Gasteiger partial charge < -0.3 is 10.6 Å². The molecule has 11 rings (SSSR count). The molecule has 8 aliphatic carbocycles. The highest BCUT2D eigenvalue weighted by Gasteiger charge is 2.69. The normalized spacial score (nSPS) is 47.5. The first-order chi connectivity index (χ1) is 25.5. The molecule has 3 aliphatic heterocycles. The fourth-order valence-electron chi connectivity index (χ4n) is 17.0. The summed E-state index contributed by atoms with van der Waals surface area (Å²) in [5.41, 5.74) is 6.02. The average Bonchev–Trinajstić information content (AvgIpc) is 3.79. The Morgan fingerprint density at radius 3 is 2.40 bits per heavy atom. The fraction of sp³-hybridized carbons (Fsp3) is 0.833. The van der Waals surface area contributed by atoms with Gasteiger partial charge in [0.15, 0.2) is 0 Å². The van der Waals surface area contributed by atoms with E-state index in [1.54, 1.807) is 53.9 Å². The summed E-state index contributed by atoms with van der Waals surface area (Å²) in [5.74, 6) is 9.83. The number of nitrogens with one attached hydrogen (secondary N) is 3. The maximum Gasteiger partial charge on any atom is 0.0801 e. The fourth-order valence-corrected chi connectivity index (χ4v) is 18.7. The lowest BCUT2D eigenvalue weighted by Gasteiger charge is -2.52. The zero-order valence-corrected chi connectivity index (χ0v) is 33.7. The molecule has 0 bridgehead atoms. The van der Waals surface area contributed by atoms with Gasteiger partial charge in [-0.2, -0.15) is 0 Å². The highest BCUT2D eigenvalue weighted by Crippen LogP contribution is 2.75. The molecule has 284 valence electrons. The molecular formula is C48H71N3S. The summed E-state index contributed by atoms with van der Waals surface area (Å²) in [4.78, 5) is 1.67. The van der Waals surface area contributed by atoms with E-state index in [-0.39, 0.29) is 0 Å². The molecule has 52 heavy (non-hydrogen) atoms. The van der Waals surface area contributed by atoms with Crippen molar-refractivity contribution in [2.45, 2.75) is 166 Å². The minimum absolute atomic E-state index is 0.386. The number of rotatable bonds is 3. The highest BCUT2D eigenvalue weighted by atomic mass is 32.2. The second-order valence-corrected chi connectivity index (χ2v) is 22.5. The zero-order valence-electron chi connectivity index (χ0n) is 32.9. The second-order valence-electron chi connectivity index (χ2n) is 21.2. The molecule has 0 radical (unpaired) electrons. The highest BCUT2D eigenvalue weighted by molar-refractivity contribution is 8.04. The van der Waals surface area contributed by atoms with E-state index < -0.39 is 0 Å². The van der Waals surface area contributed by atoms with E-state index in [0.717, 1.165) is 71.0 Å². The molecule has 4 heteroatoms. The van der Waals surface area contributed by atoms with E-state index in [2.05, 4.69) is 66.0 Å². The van der Waals surface area contributed by atoms with E-state index >= 15 is 0 Å². The van der Waals surface area contributed by atoms with Crippen LogP contribution in [-0.2, 0) is 0 Å². The van der Waals surface area contributed by atoms with Crippen molar-refractivity contribution in [2.75, 3.05) is 6.54 Å². The van der Waals surface area contributed by atoms with Gasteiger partial charge in [0, 0.05) is 40.4 Å². The number of hydrogen-bond acceptors (Lipinski definition) is 4. The monoisotopic (exact) mass is 722 g/mol. The summed E-state index contributed by atoms with van der Waals surface area (Å²) < 4.78 is 0. The molecule has 3 N–H and O–H groups in total. The van der Waals surface area contributed by atoms with Crippen LogP contribution in [0.5, 0.6) is 0 Å². The van der Waals surface area contributed by atoms with Crippen LogP contribution in [0.1, 0.15) is 149 Å². The lowest BCUT2D eigenvalue weighted by molar-refractivity contribution is -0.0358. The van der Waals surface area contributed by atoms with Gasteiger partial charge in [-0.25, -0.2) is 0 Å². The van der Waals surface area contributed by atoms with Gasteiger partial charge in [-0.15, -0.1) is 11.8 Å². The molecule has 11 aliphatic rings. The average molecular weight is 722 g/mol. The van der Waals surface area contributed by atoms with Crippen LogP contribution in [0.4, 0.5) is 0 Å². The Morgan fingerprint density at radius 2 is 1.52 bits per heavy atom. The molecule has 0 amide bonds. The smallest absolute Gasteiger partial charge is 0.0801 e. The van der Waals surface area contributed by atoms with Gasteiger partial charge in [0.25, 0.3) is 0 Å². The van der Waals surface area contributed by atoms with E-state index in [4.69, 9.17) is 0 Å². The topological polar surface area (TPSA) is 36.1 Å². The van der Waals surface area contributed by atoms with Crippen molar-refractivity contribution in [1.82, 2.24) is 16.0 Å². The largest absolute Gasteiger partial charge is 0.387 e. The third-order valence-electron chi connectivity index (χ3n) is 18.9. The summed E-state index contributed by atoms with van der Waals surface area (Å²) >= 11 is 2.27. The van der Waals surface area contributed by atoms with Gasteiger partial charge in [0.2, 0.25) is 0 Å². The summed E-state index contributed by atoms with van der Waals surface area (Å²) in [6, 6.07) is 0.386. The molecule has 13 atom stereocenters. The van der Waals surface area contributed by atoms with Gasteiger partial charge in [-0.3, -0.25) is 5.32 Å². The van der Waals surface area contributed by atoms with Crippen LogP contribution in [0.2, 0.25) is 0 Å². The molecular weight excluding hydrogens is 651 g/mol. The molecule has 0 aromatic rings. The minimum atomic E-state index is 0.386. The molecule has 7 fully saturated rings. The Hall–Kier alpha value is -1.13. The Kier molecular flexibility index (Phi) is 8.69. The number of dihydropyridines is 1. The first-order valence-electron chi connectivity index (χ1n) is 23.3. The van der Waals surface area contributed by atoms with Gasteiger partial charge in [0.05, 0.1) is 12.2 Å². The standard InChI is InChI=1S/C48H71N3S/c1-47(2)37-21-19-30(26-36(37)41-39(47)22-20-34-33-15-7-9-17-38(33)48(42(34)41)23-11-4-12-24-48)31-25-32(28-49-27-31)43-45-44(35-16-8-10-18-40(35)52-45)51-46(50-43)29-13-5-3-6-14-29/h19,21,25,27,29-30,33-43,46,49-51H,3-18,20,22-24,26,28H2,1-2H3. The maximum atomic E-state index is 4.32. The molecule has 7 saturated carbocycles. The van der Waals surface area contributed by atoms with Gasteiger partial charge >= 0.3 is 0 Å². The quantitative estimate of drug-likeness (QED) is 0.254. The number of hydrogen-bond donors (Lipinski definition) is 3. The van der Waals surface area contributed by atoms with Gasteiger partial charge in [0.1, 0.15) is 0 Å². The van der Waals surface area contributed by atoms with Gasteiger partial charge in [-0.05, 0) is 146 Å². The molecule has 3 heterocycles. The Labute approximate surface area is 321 Å². The van der Waals surface area contributed by atoms with E-state index in [0.29, 0.717) is 29.0 Å². The summed E-state index contributed by atoms with van der Waals surface area (Å²) in [6.07, 6.45) is 42.3. The van der Waals surface area contributed by atoms with Crippen molar-refractivity contribution in [1.29, 1.82) is 0 Å². The van der Waals surface area contributed by atoms with E-state index in [1.165, 1.54) is 103 Å². The van der Waals surface area contributed by atoms with Crippen LogP contribution in [0.15, 0.2) is 46.2 Å². The second kappa shape index (κ2) is 13.2. The SMILES string of the molecule is CC1(C)C2C=CC(C3=CNCC(C4NC(C5CCCCC5)NC5=C4SC4CCCCC54)=C3)CC2C2C1CCC1C3CCCCC3C3(CCCCC3)C12. The van der Waals surface area contributed by atoms with Crippen LogP contribution < -0.4 is 16.0 Å². The number of thioether (sulfide) groups is 1. The van der Waals surface area contributed by atoms with Crippen molar-refractivity contribution in [3.63, 3.8) is 0 Å². The predicted molar refractivity (Wildman–Crippen MR) is 217 cm³/mol. The van der Waals surface area contributed by atoms with Crippen molar-refractivity contribution >= 4 is 11.8 Å². The molecule has 3 nitrogen and oxygen atoms in total. The first kappa shape index (κ1) is 34.1. The number of fused-ring (bicyclic) bond motifs is 11. The van der Waals surface area contributed by atoms with Crippen molar-refractivity contribution < 1.29 is 0 Å². The zero-order chi connectivity index (χ0) is 34.6. The van der Waals surface area contributed by atoms with Crippen molar-refractivity contribution in [2.24, 2.45) is 75.9 Å². The molecule has 1 spiro atoms. The van der Waals surface area contributed by atoms with E-state index in [1.807, 2.05) is 0 Å². The van der Waals surface area contributed by atoms with Crippen LogP contribution >= 0.6 is 11.8 Å². The van der Waals surface area contributed by atoms with Crippen LogP contribution in [0.3, 0.4) is 0 Å². The molecule has 0 saturated heterocycles. The Balaban J connectivity index is 0.905. The Morgan fingerprint density at radius 1 is 0.731 bits per heavy atom. The van der Waals surface area contributed by atoms with Crippen molar-refractivity contribution in [3.8, 4) is 0 Å². The third kappa shape index (κ3) is 5.19.